The third-order valence-corrected chi connectivity index (χ3v) is 2.54. The number of aliphatic hydroxyl groups excluding tert-OH is 1. The Morgan fingerprint density at radius 1 is 1.43 bits per heavy atom. The number of hydrogen-bond acceptors (Lipinski definition) is 2. The summed E-state index contributed by atoms with van der Waals surface area (Å²) in [5.74, 6) is 0. The summed E-state index contributed by atoms with van der Waals surface area (Å²) in [6.45, 7) is 0.258. The number of aliphatic hydroxyl groups is 1. The predicted octanol–water partition coefficient (Wildman–Crippen LogP) is 1.17. The van der Waals surface area contributed by atoms with Gasteiger partial charge in [-0.3, -0.25) is 0 Å². The van der Waals surface area contributed by atoms with Crippen LogP contribution < -0.4 is 5.73 Å². The molecule has 0 amide bonds. The van der Waals surface area contributed by atoms with Crippen LogP contribution in [0.25, 0.3) is 10.9 Å². The third kappa shape index (κ3) is 1.31. The predicted molar refractivity (Wildman–Crippen MR) is 56.9 cm³/mol. The fourth-order valence-electron chi connectivity index (χ4n) is 1.74. The summed E-state index contributed by atoms with van der Waals surface area (Å²) in [7, 11) is 1.99. The number of hydrogen-bond donors (Lipinski definition) is 2. The van der Waals surface area contributed by atoms with Crippen LogP contribution in [0.3, 0.4) is 0 Å². The molecule has 0 fully saturated rings. The van der Waals surface area contributed by atoms with Gasteiger partial charge in [-0.15, -0.1) is 0 Å². The minimum absolute atomic E-state index is 0.258. The maximum Gasteiger partial charge on any atom is 0.0918 e. The van der Waals surface area contributed by atoms with Gasteiger partial charge in [0.2, 0.25) is 0 Å². The Morgan fingerprint density at radius 3 is 2.93 bits per heavy atom. The Balaban J connectivity index is 2.65. The molecule has 3 heteroatoms. The smallest absolute Gasteiger partial charge is 0.0918 e. The summed E-state index contributed by atoms with van der Waals surface area (Å²) in [5.41, 5.74) is 7.47. The molecule has 0 saturated heterocycles. The van der Waals surface area contributed by atoms with Gasteiger partial charge in [-0.2, -0.15) is 0 Å². The second-order valence-electron chi connectivity index (χ2n) is 3.46. The summed E-state index contributed by atoms with van der Waals surface area (Å²) in [6.07, 6.45) is 1.42. The molecule has 0 spiro atoms. The van der Waals surface area contributed by atoms with Crippen LogP contribution in [0.2, 0.25) is 0 Å². The van der Waals surface area contributed by atoms with Crippen molar-refractivity contribution in [2.24, 2.45) is 12.8 Å². The number of nitrogens with two attached hydrogens (primary N) is 1. The molecule has 1 atom stereocenters. The standard InChI is InChI=1S/C11H14N2O/c1-13-6-5-8-9(11(14)7-12)3-2-4-10(8)13/h2-6,11,14H,7,12H2,1H3/t11-/m0/s1. The lowest BCUT2D eigenvalue weighted by atomic mass is 10.1. The molecule has 2 aromatic rings. The van der Waals surface area contributed by atoms with Crippen LogP contribution in [0.1, 0.15) is 11.7 Å². The largest absolute Gasteiger partial charge is 0.387 e. The maximum atomic E-state index is 9.70. The van der Waals surface area contributed by atoms with E-state index in [1.165, 1.54) is 0 Å². The van der Waals surface area contributed by atoms with Crippen molar-refractivity contribution in [1.82, 2.24) is 4.57 Å². The molecule has 0 aliphatic carbocycles. The first kappa shape index (κ1) is 9.24. The zero-order valence-electron chi connectivity index (χ0n) is 8.14. The fraction of sp³-hybridized carbons (Fsp3) is 0.273. The van der Waals surface area contributed by atoms with Gasteiger partial charge in [-0.1, -0.05) is 12.1 Å². The van der Waals surface area contributed by atoms with E-state index in [4.69, 9.17) is 5.73 Å². The van der Waals surface area contributed by atoms with Gasteiger partial charge in [-0.05, 0) is 17.7 Å². The van der Waals surface area contributed by atoms with E-state index >= 15 is 0 Å². The first-order valence-electron chi connectivity index (χ1n) is 4.66. The van der Waals surface area contributed by atoms with Crippen LogP contribution in [-0.2, 0) is 7.05 Å². The van der Waals surface area contributed by atoms with Crippen LogP contribution in [-0.4, -0.2) is 16.2 Å². The number of benzene rings is 1. The van der Waals surface area contributed by atoms with Crippen LogP contribution >= 0.6 is 0 Å². The van der Waals surface area contributed by atoms with Gasteiger partial charge in [0.25, 0.3) is 0 Å². The van der Waals surface area contributed by atoms with Gasteiger partial charge in [-0.25, -0.2) is 0 Å². The molecule has 0 radical (unpaired) electrons. The van der Waals surface area contributed by atoms with Gasteiger partial charge >= 0.3 is 0 Å². The summed E-state index contributed by atoms with van der Waals surface area (Å²) in [4.78, 5) is 0. The highest BCUT2D eigenvalue weighted by Crippen LogP contribution is 2.24. The number of fused-ring (bicyclic) bond motifs is 1. The van der Waals surface area contributed by atoms with Crippen LogP contribution in [0, 0.1) is 0 Å². The third-order valence-electron chi connectivity index (χ3n) is 2.54. The van der Waals surface area contributed by atoms with E-state index < -0.39 is 6.10 Å². The first-order valence-corrected chi connectivity index (χ1v) is 4.66. The van der Waals surface area contributed by atoms with E-state index in [1.807, 2.05) is 42.1 Å². The van der Waals surface area contributed by atoms with Crippen LogP contribution in [0.5, 0.6) is 0 Å². The molecule has 1 aromatic heterocycles. The second kappa shape index (κ2) is 3.44. The second-order valence-corrected chi connectivity index (χ2v) is 3.46. The van der Waals surface area contributed by atoms with Crippen molar-refractivity contribution in [3.8, 4) is 0 Å². The molecule has 0 saturated carbocycles. The average Bonchev–Trinajstić information content (AvgIpc) is 2.59. The summed E-state index contributed by atoms with van der Waals surface area (Å²) >= 11 is 0. The topological polar surface area (TPSA) is 51.2 Å². The Morgan fingerprint density at radius 2 is 2.21 bits per heavy atom. The normalized spacial score (nSPS) is 13.4. The van der Waals surface area contributed by atoms with E-state index in [-0.39, 0.29) is 6.54 Å². The number of nitrogens with zero attached hydrogens (tertiary/aromatic N) is 1. The highest BCUT2D eigenvalue weighted by Gasteiger charge is 2.10. The molecule has 0 unspecified atom stereocenters. The molecule has 3 nitrogen and oxygen atoms in total. The highest BCUT2D eigenvalue weighted by molar-refractivity contribution is 5.84. The van der Waals surface area contributed by atoms with Crippen molar-refractivity contribution in [3.05, 3.63) is 36.0 Å². The SMILES string of the molecule is Cn1ccc2c([C@@H](O)CN)cccc21. The molecule has 1 heterocycles. The van der Waals surface area contributed by atoms with Crippen molar-refractivity contribution < 1.29 is 5.11 Å². The lowest BCUT2D eigenvalue weighted by Crippen LogP contribution is -2.11. The highest BCUT2D eigenvalue weighted by atomic mass is 16.3. The molecule has 14 heavy (non-hydrogen) atoms. The Bertz CT molecular complexity index is 447. The van der Waals surface area contributed by atoms with Crippen LogP contribution in [0.15, 0.2) is 30.5 Å². The van der Waals surface area contributed by atoms with Gasteiger partial charge in [0.05, 0.1) is 6.10 Å². The van der Waals surface area contributed by atoms with Gasteiger partial charge in [0, 0.05) is 30.7 Å². The zero-order chi connectivity index (χ0) is 10.1. The van der Waals surface area contributed by atoms with Crippen molar-refractivity contribution in [1.29, 1.82) is 0 Å². The average molecular weight is 190 g/mol. The van der Waals surface area contributed by atoms with Crippen molar-refractivity contribution in [3.63, 3.8) is 0 Å². The quantitative estimate of drug-likeness (QED) is 0.747. The summed E-state index contributed by atoms with van der Waals surface area (Å²) in [6, 6.07) is 7.89. The fourth-order valence-corrected chi connectivity index (χ4v) is 1.74. The van der Waals surface area contributed by atoms with E-state index in [0.717, 1.165) is 16.5 Å². The molecule has 74 valence electrons. The molecule has 0 aliphatic rings. The van der Waals surface area contributed by atoms with Gasteiger partial charge < -0.3 is 15.4 Å². The summed E-state index contributed by atoms with van der Waals surface area (Å²) in [5, 5.41) is 10.8. The monoisotopic (exact) mass is 190 g/mol. The minimum atomic E-state index is -0.568. The lowest BCUT2D eigenvalue weighted by molar-refractivity contribution is 0.188. The molecule has 2 rings (SSSR count). The maximum absolute atomic E-state index is 9.70. The zero-order valence-corrected chi connectivity index (χ0v) is 8.14. The van der Waals surface area contributed by atoms with E-state index in [9.17, 15) is 5.11 Å². The number of rotatable bonds is 2. The molecule has 0 aliphatic heterocycles. The lowest BCUT2D eigenvalue weighted by Gasteiger charge is -2.09. The molecule has 1 aromatic carbocycles. The van der Waals surface area contributed by atoms with E-state index in [1.54, 1.807) is 0 Å². The van der Waals surface area contributed by atoms with Gasteiger partial charge in [0.1, 0.15) is 0 Å². The van der Waals surface area contributed by atoms with Crippen LogP contribution in [0.4, 0.5) is 0 Å². The van der Waals surface area contributed by atoms with Crippen molar-refractivity contribution in [2.45, 2.75) is 6.10 Å². The van der Waals surface area contributed by atoms with Crippen molar-refractivity contribution >= 4 is 10.9 Å². The molecule has 0 bridgehead atoms. The van der Waals surface area contributed by atoms with E-state index in [2.05, 4.69) is 0 Å². The Hall–Kier alpha value is -1.32. The Labute approximate surface area is 82.8 Å². The minimum Gasteiger partial charge on any atom is -0.387 e. The molecule has 3 N–H and O–H groups in total. The van der Waals surface area contributed by atoms with Gasteiger partial charge in [0.15, 0.2) is 0 Å². The summed E-state index contributed by atoms with van der Waals surface area (Å²) < 4.78 is 2.03. The number of aryl methyl sites for hydroxylation is 1. The number of aromatic nitrogens is 1. The first-order chi connectivity index (χ1) is 6.74. The van der Waals surface area contributed by atoms with Crippen molar-refractivity contribution in [2.75, 3.05) is 6.54 Å². The molecular formula is C11H14N2O. The molecular weight excluding hydrogens is 176 g/mol. The Kier molecular flexibility index (Phi) is 2.27. The van der Waals surface area contributed by atoms with E-state index in [0.29, 0.717) is 0 Å².